The maximum absolute atomic E-state index is 6.01. The van der Waals surface area contributed by atoms with E-state index in [0.717, 1.165) is 24.4 Å². The molecule has 0 bridgehead atoms. The van der Waals surface area contributed by atoms with Gasteiger partial charge in [0.15, 0.2) is 0 Å². The van der Waals surface area contributed by atoms with Crippen LogP contribution in [0.5, 0.6) is 5.75 Å². The first kappa shape index (κ1) is 14.7. The number of likely N-dealkylation sites (tertiary alicyclic amines) is 1. The van der Waals surface area contributed by atoms with E-state index in [2.05, 4.69) is 42.3 Å². The van der Waals surface area contributed by atoms with Crippen LogP contribution in [0.1, 0.15) is 45.1 Å². The summed E-state index contributed by atoms with van der Waals surface area (Å²) in [4.78, 5) is 2.62. The predicted molar refractivity (Wildman–Crippen MR) is 88.3 cm³/mol. The molecule has 3 heteroatoms. The van der Waals surface area contributed by atoms with Gasteiger partial charge in [-0.05, 0) is 63.9 Å². The Morgan fingerprint density at radius 2 is 1.90 bits per heavy atom. The highest BCUT2D eigenvalue weighted by atomic mass is 16.5. The quantitative estimate of drug-likeness (QED) is 0.918. The van der Waals surface area contributed by atoms with Gasteiger partial charge in [0.05, 0.1) is 12.2 Å². The normalized spacial score (nSPS) is 21.8. The average molecular weight is 288 g/mol. The molecule has 21 heavy (non-hydrogen) atoms. The minimum Gasteiger partial charge on any atom is -0.484 e. The Morgan fingerprint density at radius 1 is 1.14 bits per heavy atom. The van der Waals surface area contributed by atoms with E-state index in [9.17, 15) is 0 Å². The number of anilines is 1. The van der Waals surface area contributed by atoms with Crippen LogP contribution in [0.15, 0.2) is 18.2 Å². The Balaban J connectivity index is 1.59. The zero-order valence-electron chi connectivity index (χ0n) is 13.5. The maximum Gasteiger partial charge on any atom is 0.143 e. The number of hydrogen-bond acceptors (Lipinski definition) is 3. The summed E-state index contributed by atoms with van der Waals surface area (Å²) in [6.07, 6.45) is 6.69. The van der Waals surface area contributed by atoms with E-state index in [1.165, 1.54) is 50.9 Å². The first-order chi connectivity index (χ1) is 10.1. The highest BCUT2D eigenvalue weighted by molar-refractivity contribution is 5.60. The fourth-order valence-electron chi connectivity index (χ4n) is 3.25. The Morgan fingerprint density at radius 3 is 2.67 bits per heavy atom. The van der Waals surface area contributed by atoms with Crippen LogP contribution in [0.3, 0.4) is 0 Å². The second-order valence-electron chi connectivity index (χ2n) is 7.05. The van der Waals surface area contributed by atoms with Crippen molar-refractivity contribution in [3.8, 4) is 5.75 Å². The van der Waals surface area contributed by atoms with Crippen LogP contribution in [-0.4, -0.2) is 36.7 Å². The summed E-state index contributed by atoms with van der Waals surface area (Å²) in [5, 5.41) is 3.50. The van der Waals surface area contributed by atoms with Crippen LogP contribution >= 0.6 is 0 Å². The lowest BCUT2D eigenvalue weighted by Gasteiger charge is -2.33. The first-order valence-electron chi connectivity index (χ1n) is 8.41. The van der Waals surface area contributed by atoms with E-state index in [0.29, 0.717) is 0 Å². The number of ether oxygens (including phenoxy) is 1. The molecule has 3 nitrogen and oxygen atoms in total. The fraction of sp³-hybridized carbons (Fsp3) is 0.667. The monoisotopic (exact) mass is 288 g/mol. The van der Waals surface area contributed by atoms with Gasteiger partial charge < -0.3 is 15.0 Å². The molecule has 1 fully saturated rings. The van der Waals surface area contributed by atoms with Gasteiger partial charge in [0.1, 0.15) is 11.4 Å². The zero-order valence-corrected chi connectivity index (χ0v) is 13.5. The Bertz CT molecular complexity index is 476. The number of fused-ring (bicyclic) bond motifs is 1. The van der Waals surface area contributed by atoms with Gasteiger partial charge in [-0.2, -0.15) is 0 Å². The molecule has 0 radical (unpaired) electrons. The molecule has 1 N–H and O–H groups in total. The third-order valence-electron chi connectivity index (χ3n) is 4.55. The molecule has 0 saturated carbocycles. The molecule has 0 atom stereocenters. The molecule has 2 aliphatic rings. The summed E-state index contributed by atoms with van der Waals surface area (Å²) in [6, 6.07) is 6.61. The maximum atomic E-state index is 6.01. The van der Waals surface area contributed by atoms with Crippen LogP contribution in [0.2, 0.25) is 0 Å². The van der Waals surface area contributed by atoms with Gasteiger partial charge in [-0.3, -0.25) is 0 Å². The molecule has 3 rings (SSSR count). The number of benzene rings is 1. The summed E-state index contributed by atoms with van der Waals surface area (Å²) in [7, 11) is 0. The molecular weight excluding hydrogens is 260 g/mol. The summed E-state index contributed by atoms with van der Waals surface area (Å²) in [6.45, 7) is 8.86. The van der Waals surface area contributed by atoms with Crippen molar-refractivity contribution in [3.05, 3.63) is 23.8 Å². The Hall–Kier alpha value is -1.22. The van der Waals surface area contributed by atoms with Crippen molar-refractivity contribution >= 4 is 5.69 Å². The summed E-state index contributed by atoms with van der Waals surface area (Å²) >= 11 is 0. The van der Waals surface area contributed by atoms with E-state index in [1.807, 2.05) is 0 Å². The molecule has 0 spiro atoms. The number of nitrogens with one attached hydrogen (secondary N) is 1. The molecule has 0 amide bonds. The molecule has 116 valence electrons. The average Bonchev–Trinajstić information content (AvgIpc) is 2.73. The third kappa shape index (κ3) is 3.91. The van der Waals surface area contributed by atoms with Crippen molar-refractivity contribution in [3.63, 3.8) is 0 Å². The van der Waals surface area contributed by atoms with Crippen molar-refractivity contribution in [1.82, 2.24) is 4.90 Å². The predicted octanol–water partition coefficient (Wildman–Crippen LogP) is 3.69. The first-order valence-corrected chi connectivity index (χ1v) is 8.41. The zero-order chi connectivity index (χ0) is 14.7. The van der Waals surface area contributed by atoms with Gasteiger partial charge >= 0.3 is 0 Å². The second kappa shape index (κ2) is 6.27. The van der Waals surface area contributed by atoms with E-state index >= 15 is 0 Å². The van der Waals surface area contributed by atoms with Gasteiger partial charge in [0, 0.05) is 6.54 Å². The molecule has 0 unspecified atom stereocenters. The van der Waals surface area contributed by atoms with Crippen molar-refractivity contribution in [2.75, 3.05) is 31.5 Å². The van der Waals surface area contributed by atoms with Crippen molar-refractivity contribution < 1.29 is 4.74 Å². The molecule has 2 aliphatic heterocycles. The highest BCUT2D eigenvalue weighted by Crippen LogP contribution is 2.33. The Kier molecular flexibility index (Phi) is 4.39. The van der Waals surface area contributed by atoms with E-state index in [4.69, 9.17) is 4.74 Å². The standard InChI is InChI=1S/C18H28N2O/c1-18(2)14-19-16-13-15(7-8-17(16)21-18)9-12-20-10-5-3-4-6-11-20/h7-8,13,19H,3-6,9-12,14H2,1-2H3. The number of nitrogens with zero attached hydrogens (tertiary/aromatic N) is 1. The summed E-state index contributed by atoms with van der Waals surface area (Å²) < 4.78 is 6.01. The van der Waals surface area contributed by atoms with Gasteiger partial charge in [0.25, 0.3) is 0 Å². The molecule has 0 aliphatic carbocycles. The smallest absolute Gasteiger partial charge is 0.143 e. The van der Waals surface area contributed by atoms with Crippen molar-refractivity contribution in [2.24, 2.45) is 0 Å². The second-order valence-corrected chi connectivity index (χ2v) is 7.05. The molecule has 0 aromatic heterocycles. The molecule has 1 saturated heterocycles. The Labute approximate surface area is 128 Å². The van der Waals surface area contributed by atoms with Crippen molar-refractivity contribution in [2.45, 2.75) is 51.6 Å². The lowest BCUT2D eigenvalue weighted by Crippen LogP contribution is -2.40. The van der Waals surface area contributed by atoms with Crippen LogP contribution in [0.4, 0.5) is 5.69 Å². The van der Waals surface area contributed by atoms with Gasteiger partial charge in [0.2, 0.25) is 0 Å². The van der Waals surface area contributed by atoms with E-state index in [1.54, 1.807) is 0 Å². The van der Waals surface area contributed by atoms with E-state index in [-0.39, 0.29) is 5.60 Å². The lowest BCUT2D eigenvalue weighted by atomic mass is 10.0. The van der Waals surface area contributed by atoms with Crippen molar-refractivity contribution in [1.29, 1.82) is 0 Å². The van der Waals surface area contributed by atoms with Crippen LogP contribution in [0.25, 0.3) is 0 Å². The lowest BCUT2D eigenvalue weighted by molar-refractivity contribution is 0.116. The highest BCUT2D eigenvalue weighted by Gasteiger charge is 2.26. The largest absolute Gasteiger partial charge is 0.484 e. The molecular formula is C18H28N2O. The summed E-state index contributed by atoms with van der Waals surface area (Å²) in [5.74, 6) is 0.991. The topological polar surface area (TPSA) is 24.5 Å². The molecule has 1 aromatic carbocycles. The molecule has 1 aromatic rings. The SMILES string of the molecule is CC1(C)CNc2cc(CCN3CCCCCC3)ccc2O1. The minimum atomic E-state index is -0.111. The summed E-state index contributed by atoms with van der Waals surface area (Å²) in [5.41, 5.74) is 2.46. The van der Waals surface area contributed by atoms with Crippen LogP contribution in [-0.2, 0) is 6.42 Å². The third-order valence-corrected chi connectivity index (χ3v) is 4.55. The number of rotatable bonds is 3. The van der Waals surface area contributed by atoms with E-state index < -0.39 is 0 Å². The van der Waals surface area contributed by atoms with Crippen LogP contribution in [0, 0.1) is 0 Å². The van der Waals surface area contributed by atoms with Gasteiger partial charge in [-0.25, -0.2) is 0 Å². The molecule has 2 heterocycles. The van der Waals surface area contributed by atoms with Gasteiger partial charge in [-0.1, -0.05) is 18.9 Å². The minimum absolute atomic E-state index is 0.111. The fourth-order valence-corrected chi connectivity index (χ4v) is 3.25. The van der Waals surface area contributed by atoms with Gasteiger partial charge in [-0.15, -0.1) is 0 Å². The number of hydrogen-bond donors (Lipinski definition) is 1. The van der Waals surface area contributed by atoms with Crippen LogP contribution < -0.4 is 10.1 Å².